The molecular weight excluding hydrogens is 350 g/mol. The van der Waals surface area contributed by atoms with Gasteiger partial charge in [0.15, 0.2) is 0 Å². The molecule has 0 amide bonds. The maximum absolute atomic E-state index is 11.0. The van der Waals surface area contributed by atoms with Gasteiger partial charge in [0, 0.05) is 8.59 Å². The van der Waals surface area contributed by atoms with Gasteiger partial charge in [0.05, 0.1) is 5.56 Å². The van der Waals surface area contributed by atoms with Crippen LogP contribution in [0, 0.1) is 3.57 Å². The Balaban J connectivity index is 2.51. The minimum Gasteiger partial charge on any atom is -0.478 e. The third-order valence-corrected chi connectivity index (χ3v) is 3.20. The summed E-state index contributed by atoms with van der Waals surface area (Å²) in [6, 6.07) is 12.6. The van der Waals surface area contributed by atoms with Crippen LogP contribution in [0.5, 0.6) is 0 Å². The molecule has 0 spiro atoms. The number of hydrogen-bond acceptors (Lipinski definition) is 1. The topological polar surface area (TPSA) is 37.3 Å². The van der Waals surface area contributed by atoms with Gasteiger partial charge in [-0.05, 0) is 64.0 Å². The molecule has 2 aromatic carbocycles. The fraction of sp³-hybridized carbons (Fsp3) is 0. The van der Waals surface area contributed by atoms with Crippen molar-refractivity contribution >= 4 is 40.2 Å². The average molecular weight is 359 g/mol. The predicted octanol–water partition coefficient (Wildman–Crippen LogP) is 4.31. The monoisotopic (exact) mass is 358 g/mol. The van der Waals surface area contributed by atoms with Crippen LogP contribution >= 0.6 is 34.2 Å². The second kappa shape index (κ2) is 5.06. The van der Waals surface area contributed by atoms with Gasteiger partial charge in [-0.1, -0.05) is 23.7 Å². The largest absolute Gasteiger partial charge is 0.478 e. The van der Waals surface area contributed by atoms with Crippen LogP contribution in [0.3, 0.4) is 0 Å². The molecule has 0 aliphatic carbocycles. The van der Waals surface area contributed by atoms with Crippen LogP contribution in [0.15, 0.2) is 42.5 Å². The zero-order chi connectivity index (χ0) is 12.4. The van der Waals surface area contributed by atoms with Crippen molar-refractivity contribution in [2.75, 3.05) is 0 Å². The van der Waals surface area contributed by atoms with Crippen LogP contribution in [-0.4, -0.2) is 11.1 Å². The lowest BCUT2D eigenvalue weighted by atomic mass is 10.0. The van der Waals surface area contributed by atoms with E-state index in [1.54, 1.807) is 24.3 Å². The third-order valence-electron chi connectivity index (χ3n) is 2.32. The van der Waals surface area contributed by atoms with E-state index in [-0.39, 0.29) is 0 Å². The normalized spacial score (nSPS) is 10.2. The zero-order valence-corrected chi connectivity index (χ0v) is 11.6. The lowest BCUT2D eigenvalue weighted by Gasteiger charge is -2.05. The van der Waals surface area contributed by atoms with Gasteiger partial charge in [-0.3, -0.25) is 0 Å². The number of halogens is 2. The van der Waals surface area contributed by atoms with Crippen LogP contribution in [0.4, 0.5) is 0 Å². The Labute approximate surface area is 117 Å². The fourth-order valence-corrected chi connectivity index (χ4v) is 2.32. The Kier molecular flexibility index (Phi) is 3.69. The number of carboxylic acid groups (broad SMARTS) is 1. The summed E-state index contributed by atoms with van der Waals surface area (Å²) in [4.78, 5) is 11.0. The Hall–Kier alpha value is -1.07. The lowest BCUT2D eigenvalue weighted by molar-refractivity contribution is 0.0697. The molecule has 0 saturated carbocycles. The van der Waals surface area contributed by atoms with E-state index in [1.165, 1.54) is 0 Å². The number of rotatable bonds is 2. The third kappa shape index (κ3) is 2.98. The van der Waals surface area contributed by atoms with E-state index >= 15 is 0 Å². The molecule has 0 fully saturated rings. The van der Waals surface area contributed by atoms with Gasteiger partial charge in [0.2, 0.25) is 0 Å². The minimum atomic E-state index is -0.918. The summed E-state index contributed by atoms with van der Waals surface area (Å²) in [6.45, 7) is 0. The molecule has 0 aliphatic heterocycles. The maximum atomic E-state index is 11.0. The van der Waals surface area contributed by atoms with Crippen LogP contribution in [0.2, 0.25) is 5.02 Å². The van der Waals surface area contributed by atoms with Gasteiger partial charge in [-0.2, -0.15) is 0 Å². The highest BCUT2D eigenvalue weighted by Gasteiger charge is 2.07. The summed E-state index contributed by atoms with van der Waals surface area (Å²) in [5.74, 6) is -0.918. The SMILES string of the molecule is O=C(O)c1cc(I)cc(-c2ccc(Cl)cc2)c1. The molecule has 2 rings (SSSR count). The van der Waals surface area contributed by atoms with Crippen molar-refractivity contribution in [3.05, 3.63) is 56.6 Å². The molecule has 2 aromatic rings. The summed E-state index contributed by atoms with van der Waals surface area (Å²) in [6.07, 6.45) is 0. The highest BCUT2D eigenvalue weighted by molar-refractivity contribution is 14.1. The molecule has 0 aliphatic rings. The molecule has 0 heterocycles. The second-order valence-corrected chi connectivity index (χ2v) is 5.22. The Morgan fingerprint density at radius 1 is 1.06 bits per heavy atom. The highest BCUT2D eigenvalue weighted by Crippen LogP contribution is 2.24. The number of benzene rings is 2. The molecule has 0 aromatic heterocycles. The van der Waals surface area contributed by atoms with Gasteiger partial charge < -0.3 is 5.11 Å². The smallest absolute Gasteiger partial charge is 0.335 e. The van der Waals surface area contributed by atoms with Crippen LogP contribution < -0.4 is 0 Å². The van der Waals surface area contributed by atoms with E-state index in [2.05, 4.69) is 22.6 Å². The minimum absolute atomic E-state index is 0.293. The van der Waals surface area contributed by atoms with Gasteiger partial charge in [-0.15, -0.1) is 0 Å². The Morgan fingerprint density at radius 2 is 1.71 bits per heavy atom. The van der Waals surface area contributed by atoms with Gasteiger partial charge in [-0.25, -0.2) is 4.79 Å². The number of carbonyl (C=O) groups is 1. The molecule has 0 atom stereocenters. The molecule has 17 heavy (non-hydrogen) atoms. The summed E-state index contributed by atoms with van der Waals surface area (Å²) >= 11 is 7.92. The van der Waals surface area contributed by atoms with Crippen molar-refractivity contribution in [1.82, 2.24) is 0 Å². The van der Waals surface area contributed by atoms with Gasteiger partial charge in [0.25, 0.3) is 0 Å². The molecule has 4 heteroatoms. The van der Waals surface area contributed by atoms with Crippen LogP contribution in [0.1, 0.15) is 10.4 Å². The van der Waals surface area contributed by atoms with Crippen molar-refractivity contribution in [3.8, 4) is 11.1 Å². The number of carboxylic acids is 1. The molecular formula is C13H8ClIO2. The summed E-state index contributed by atoms with van der Waals surface area (Å²) in [5.41, 5.74) is 2.13. The highest BCUT2D eigenvalue weighted by atomic mass is 127. The van der Waals surface area contributed by atoms with E-state index in [1.807, 2.05) is 18.2 Å². The van der Waals surface area contributed by atoms with E-state index in [0.29, 0.717) is 10.6 Å². The van der Waals surface area contributed by atoms with Crippen molar-refractivity contribution in [3.63, 3.8) is 0 Å². The standard InChI is InChI=1S/C13H8ClIO2/c14-11-3-1-8(2-4-11)9-5-10(13(16)17)7-12(15)6-9/h1-7H,(H,16,17). The fourth-order valence-electron chi connectivity index (χ4n) is 1.52. The molecule has 2 nitrogen and oxygen atoms in total. The molecule has 0 bridgehead atoms. The van der Waals surface area contributed by atoms with Crippen LogP contribution in [-0.2, 0) is 0 Å². The van der Waals surface area contributed by atoms with Gasteiger partial charge in [0.1, 0.15) is 0 Å². The zero-order valence-electron chi connectivity index (χ0n) is 8.65. The predicted molar refractivity (Wildman–Crippen MR) is 76.6 cm³/mol. The molecule has 0 radical (unpaired) electrons. The first-order chi connectivity index (χ1) is 8.06. The molecule has 86 valence electrons. The Morgan fingerprint density at radius 3 is 2.29 bits per heavy atom. The number of hydrogen-bond donors (Lipinski definition) is 1. The lowest BCUT2D eigenvalue weighted by Crippen LogP contribution is -1.97. The van der Waals surface area contributed by atoms with Crippen molar-refractivity contribution in [2.24, 2.45) is 0 Å². The summed E-state index contributed by atoms with van der Waals surface area (Å²) < 4.78 is 0.896. The van der Waals surface area contributed by atoms with E-state index in [0.717, 1.165) is 14.7 Å². The first kappa shape index (κ1) is 12.4. The maximum Gasteiger partial charge on any atom is 0.335 e. The van der Waals surface area contributed by atoms with Crippen molar-refractivity contribution < 1.29 is 9.90 Å². The average Bonchev–Trinajstić information content (AvgIpc) is 2.29. The molecule has 0 saturated heterocycles. The first-order valence-electron chi connectivity index (χ1n) is 4.86. The summed E-state index contributed by atoms with van der Waals surface area (Å²) in [5, 5.41) is 9.66. The molecule has 1 N–H and O–H groups in total. The Bertz CT molecular complexity index is 564. The van der Waals surface area contributed by atoms with E-state index in [4.69, 9.17) is 16.7 Å². The summed E-state index contributed by atoms with van der Waals surface area (Å²) in [7, 11) is 0. The molecule has 0 unspecified atom stereocenters. The van der Waals surface area contributed by atoms with Crippen LogP contribution in [0.25, 0.3) is 11.1 Å². The van der Waals surface area contributed by atoms with E-state index in [9.17, 15) is 4.79 Å². The number of aromatic carboxylic acids is 1. The van der Waals surface area contributed by atoms with Gasteiger partial charge >= 0.3 is 5.97 Å². The quantitative estimate of drug-likeness (QED) is 0.812. The second-order valence-electron chi connectivity index (χ2n) is 3.54. The first-order valence-corrected chi connectivity index (χ1v) is 6.32. The van der Waals surface area contributed by atoms with E-state index < -0.39 is 5.97 Å². The van der Waals surface area contributed by atoms with Crippen molar-refractivity contribution in [1.29, 1.82) is 0 Å². The van der Waals surface area contributed by atoms with Crippen molar-refractivity contribution in [2.45, 2.75) is 0 Å².